The largest absolute Gasteiger partial charge is 0.0654 e. The Hall–Kier alpha value is 0. The lowest BCUT2D eigenvalue weighted by Gasteiger charge is -2.44. The minimum Gasteiger partial charge on any atom is -0.0654 e. The van der Waals surface area contributed by atoms with Gasteiger partial charge in [0.2, 0.25) is 0 Å². The standard InChI is InChI=1S/C34H66/c1-7-13-20-28-25-26-30(34(19-10-4)31(28)11-5)22-16-14-15-21-29-24-23-27(17-8-2)33(18-9-3)32(29)12-6/h27-34H,7-26H2,1-6H3. The lowest BCUT2D eigenvalue weighted by atomic mass is 9.61. The lowest BCUT2D eigenvalue weighted by Crippen LogP contribution is -2.35. The van der Waals surface area contributed by atoms with E-state index in [9.17, 15) is 0 Å². The molecule has 0 heteroatoms. The van der Waals surface area contributed by atoms with E-state index in [2.05, 4.69) is 41.5 Å². The number of rotatable bonds is 17. The molecule has 34 heavy (non-hydrogen) atoms. The Bertz CT molecular complexity index is 480. The zero-order valence-corrected chi connectivity index (χ0v) is 24.8. The normalized spacial score (nSPS) is 34.4. The molecule has 0 heterocycles. The summed E-state index contributed by atoms with van der Waals surface area (Å²) in [6, 6.07) is 0. The van der Waals surface area contributed by atoms with Crippen LogP contribution in [-0.2, 0) is 0 Å². The van der Waals surface area contributed by atoms with Gasteiger partial charge in [-0.05, 0) is 73.0 Å². The predicted molar refractivity (Wildman–Crippen MR) is 154 cm³/mol. The van der Waals surface area contributed by atoms with Gasteiger partial charge in [0.05, 0.1) is 0 Å². The van der Waals surface area contributed by atoms with Gasteiger partial charge in [0.25, 0.3) is 0 Å². The van der Waals surface area contributed by atoms with E-state index in [0.717, 1.165) is 47.3 Å². The third kappa shape index (κ3) is 8.83. The highest BCUT2D eigenvalue weighted by Crippen LogP contribution is 2.48. The number of hydrogen-bond donors (Lipinski definition) is 0. The Balaban J connectivity index is 1.80. The summed E-state index contributed by atoms with van der Waals surface area (Å²) in [5.41, 5.74) is 0. The van der Waals surface area contributed by atoms with Crippen LogP contribution in [0.3, 0.4) is 0 Å². The Morgan fingerprint density at radius 2 is 0.735 bits per heavy atom. The maximum absolute atomic E-state index is 2.50. The molecule has 202 valence electrons. The van der Waals surface area contributed by atoms with Crippen molar-refractivity contribution in [2.24, 2.45) is 47.3 Å². The fourth-order valence-electron chi connectivity index (χ4n) is 9.21. The fourth-order valence-corrected chi connectivity index (χ4v) is 9.21. The summed E-state index contributed by atoms with van der Waals surface area (Å²) in [7, 11) is 0. The maximum atomic E-state index is 2.50. The van der Waals surface area contributed by atoms with Crippen LogP contribution in [0.25, 0.3) is 0 Å². The van der Waals surface area contributed by atoms with E-state index in [0.29, 0.717) is 0 Å². The van der Waals surface area contributed by atoms with Crippen LogP contribution in [0.1, 0.15) is 170 Å². The molecule has 0 aliphatic heterocycles. The average Bonchev–Trinajstić information content (AvgIpc) is 2.85. The minimum absolute atomic E-state index is 1.03. The highest BCUT2D eigenvalue weighted by Gasteiger charge is 2.38. The molecule has 0 nitrogen and oxygen atoms in total. The summed E-state index contributed by atoms with van der Waals surface area (Å²) >= 11 is 0. The molecule has 0 amide bonds. The molecule has 0 N–H and O–H groups in total. The Labute approximate surface area is 217 Å². The first-order valence-electron chi connectivity index (χ1n) is 16.6. The highest BCUT2D eigenvalue weighted by molar-refractivity contribution is 4.88. The van der Waals surface area contributed by atoms with E-state index in [1.54, 1.807) is 25.7 Å². The zero-order chi connectivity index (χ0) is 24.8. The number of unbranched alkanes of at least 4 members (excludes halogenated alkanes) is 3. The molecule has 0 bridgehead atoms. The van der Waals surface area contributed by atoms with Crippen molar-refractivity contribution in [2.45, 2.75) is 170 Å². The van der Waals surface area contributed by atoms with Gasteiger partial charge in [-0.3, -0.25) is 0 Å². The summed E-state index contributed by atoms with van der Waals surface area (Å²) in [5, 5.41) is 0. The van der Waals surface area contributed by atoms with Crippen molar-refractivity contribution in [2.75, 3.05) is 0 Å². The Kier molecular flexibility index (Phi) is 15.5. The highest BCUT2D eigenvalue weighted by atomic mass is 14.4. The molecular weight excluding hydrogens is 408 g/mol. The second-order valence-corrected chi connectivity index (χ2v) is 12.8. The van der Waals surface area contributed by atoms with Gasteiger partial charge in [-0.2, -0.15) is 0 Å². The molecule has 0 aromatic carbocycles. The van der Waals surface area contributed by atoms with Gasteiger partial charge in [0.1, 0.15) is 0 Å². The second kappa shape index (κ2) is 17.5. The van der Waals surface area contributed by atoms with Gasteiger partial charge in [-0.1, -0.05) is 144 Å². The van der Waals surface area contributed by atoms with Crippen LogP contribution < -0.4 is 0 Å². The van der Waals surface area contributed by atoms with Gasteiger partial charge in [-0.25, -0.2) is 0 Å². The molecule has 0 radical (unpaired) electrons. The van der Waals surface area contributed by atoms with Crippen LogP contribution in [0.15, 0.2) is 0 Å². The van der Waals surface area contributed by atoms with Gasteiger partial charge in [0, 0.05) is 0 Å². The second-order valence-electron chi connectivity index (χ2n) is 12.8. The molecule has 2 saturated carbocycles. The lowest BCUT2D eigenvalue weighted by molar-refractivity contribution is 0.0614. The predicted octanol–water partition coefficient (Wildman–Crippen LogP) is 11.9. The van der Waals surface area contributed by atoms with Gasteiger partial charge in [0.15, 0.2) is 0 Å². The molecule has 2 aliphatic rings. The van der Waals surface area contributed by atoms with Crippen molar-refractivity contribution in [3.8, 4) is 0 Å². The summed E-state index contributed by atoms with van der Waals surface area (Å²) in [6.07, 6.45) is 29.7. The van der Waals surface area contributed by atoms with Crippen molar-refractivity contribution in [1.82, 2.24) is 0 Å². The summed E-state index contributed by atoms with van der Waals surface area (Å²) in [5.74, 6) is 8.32. The first-order chi connectivity index (χ1) is 16.6. The van der Waals surface area contributed by atoms with Crippen molar-refractivity contribution in [3.05, 3.63) is 0 Å². The quantitative estimate of drug-likeness (QED) is 0.184. The van der Waals surface area contributed by atoms with Crippen molar-refractivity contribution in [1.29, 1.82) is 0 Å². The molecule has 0 aromatic rings. The van der Waals surface area contributed by atoms with Crippen LogP contribution in [0.4, 0.5) is 0 Å². The molecule has 8 unspecified atom stereocenters. The zero-order valence-electron chi connectivity index (χ0n) is 24.8. The van der Waals surface area contributed by atoms with Crippen LogP contribution in [0, 0.1) is 47.3 Å². The van der Waals surface area contributed by atoms with Crippen LogP contribution in [0.5, 0.6) is 0 Å². The van der Waals surface area contributed by atoms with Gasteiger partial charge < -0.3 is 0 Å². The number of hydrogen-bond acceptors (Lipinski definition) is 0. The smallest absolute Gasteiger partial charge is 0.0355 e. The monoisotopic (exact) mass is 475 g/mol. The minimum atomic E-state index is 1.03. The third-order valence-corrected chi connectivity index (χ3v) is 10.8. The van der Waals surface area contributed by atoms with E-state index in [1.165, 1.54) is 103 Å². The first kappa shape index (κ1) is 30.2. The average molecular weight is 475 g/mol. The molecule has 0 aromatic heterocycles. The Morgan fingerprint density at radius 1 is 0.353 bits per heavy atom. The van der Waals surface area contributed by atoms with Crippen LogP contribution in [0.2, 0.25) is 0 Å². The van der Waals surface area contributed by atoms with E-state index >= 15 is 0 Å². The summed E-state index contributed by atoms with van der Waals surface area (Å²) in [4.78, 5) is 0. The molecule has 2 fully saturated rings. The van der Waals surface area contributed by atoms with E-state index in [-0.39, 0.29) is 0 Å². The first-order valence-corrected chi connectivity index (χ1v) is 16.6. The van der Waals surface area contributed by atoms with E-state index in [1.807, 2.05) is 0 Å². The summed E-state index contributed by atoms with van der Waals surface area (Å²) in [6.45, 7) is 14.6. The third-order valence-electron chi connectivity index (χ3n) is 10.8. The van der Waals surface area contributed by atoms with Crippen molar-refractivity contribution in [3.63, 3.8) is 0 Å². The molecule has 2 rings (SSSR count). The van der Waals surface area contributed by atoms with E-state index < -0.39 is 0 Å². The van der Waals surface area contributed by atoms with Crippen LogP contribution in [-0.4, -0.2) is 0 Å². The van der Waals surface area contributed by atoms with Crippen molar-refractivity contribution < 1.29 is 0 Å². The van der Waals surface area contributed by atoms with Crippen LogP contribution >= 0.6 is 0 Å². The van der Waals surface area contributed by atoms with Gasteiger partial charge >= 0.3 is 0 Å². The molecule has 2 aliphatic carbocycles. The fraction of sp³-hybridized carbons (Fsp3) is 1.00. The topological polar surface area (TPSA) is 0 Å². The molecule has 8 atom stereocenters. The maximum Gasteiger partial charge on any atom is -0.0355 e. The van der Waals surface area contributed by atoms with Gasteiger partial charge in [-0.15, -0.1) is 0 Å². The molecule has 0 saturated heterocycles. The van der Waals surface area contributed by atoms with Crippen molar-refractivity contribution >= 4 is 0 Å². The molecule has 0 spiro atoms. The Morgan fingerprint density at radius 3 is 1.12 bits per heavy atom. The summed E-state index contributed by atoms with van der Waals surface area (Å²) < 4.78 is 0. The SMILES string of the molecule is CCCCC1CCC(CCCCCC2CCC(CCC)C(CCC)C2CC)C(CCC)C1CC. The molecular formula is C34H66. The van der Waals surface area contributed by atoms with E-state index in [4.69, 9.17) is 0 Å².